The van der Waals surface area contributed by atoms with Gasteiger partial charge in [0.1, 0.15) is 6.07 Å². The first-order valence-electron chi connectivity index (χ1n) is 4.35. The van der Waals surface area contributed by atoms with E-state index in [9.17, 15) is 14.9 Å². The lowest BCUT2D eigenvalue weighted by molar-refractivity contribution is -0.384. The van der Waals surface area contributed by atoms with Crippen LogP contribution in [0.4, 0.5) is 5.69 Å². The van der Waals surface area contributed by atoms with Crippen molar-refractivity contribution in [2.24, 2.45) is 5.73 Å². The Balaban J connectivity index is 3.22. The summed E-state index contributed by atoms with van der Waals surface area (Å²) in [4.78, 5) is 20.5. The average molecular weight is 233 g/mol. The molecule has 0 saturated heterocycles. The number of non-ortho nitro benzene ring substituents is 1. The summed E-state index contributed by atoms with van der Waals surface area (Å²) in [6.45, 7) is 0. The Bertz CT molecular complexity index is 540. The van der Waals surface area contributed by atoms with E-state index in [1.54, 1.807) is 0 Å². The Hall–Kier alpha value is -2.88. The predicted molar refractivity (Wildman–Crippen MR) is 57.5 cm³/mol. The van der Waals surface area contributed by atoms with Gasteiger partial charge in [-0.15, -0.1) is 0 Å². The van der Waals surface area contributed by atoms with Gasteiger partial charge < -0.3 is 10.8 Å². The molecule has 1 rings (SSSR count). The highest BCUT2D eigenvalue weighted by Crippen LogP contribution is 2.17. The molecule has 0 amide bonds. The summed E-state index contributed by atoms with van der Waals surface area (Å²) in [5, 5.41) is 27.7. The zero-order valence-electron chi connectivity index (χ0n) is 8.45. The second-order valence-corrected chi connectivity index (χ2v) is 3.01. The quantitative estimate of drug-likeness (QED) is 0.344. The van der Waals surface area contributed by atoms with Crippen LogP contribution in [-0.2, 0) is 4.79 Å². The van der Waals surface area contributed by atoms with Crippen LogP contribution in [0.5, 0.6) is 0 Å². The van der Waals surface area contributed by atoms with Gasteiger partial charge in [0.2, 0.25) is 0 Å². The molecular weight excluding hydrogens is 226 g/mol. The van der Waals surface area contributed by atoms with Gasteiger partial charge in [0.25, 0.3) is 5.69 Å². The van der Waals surface area contributed by atoms with E-state index in [0.29, 0.717) is 0 Å². The van der Waals surface area contributed by atoms with Crippen LogP contribution in [0.1, 0.15) is 5.56 Å². The van der Waals surface area contributed by atoms with Crippen molar-refractivity contribution < 1.29 is 14.8 Å². The van der Waals surface area contributed by atoms with E-state index in [0.717, 1.165) is 0 Å². The van der Waals surface area contributed by atoms with Gasteiger partial charge in [-0.25, -0.2) is 4.79 Å². The Morgan fingerprint density at radius 2 is 1.94 bits per heavy atom. The molecule has 17 heavy (non-hydrogen) atoms. The predicted octanol–water partition coefficient (Wildman–Crippen LogP) is 0.873. The van der Waals surface area contributed by atoms with E-state index >= 15 is 0 Å². The largest absolute Gasteiger partial charge is 0.477 e. The fourth-order valence-electron chi connectivity index (χ4n) is 1.13. The minimum absolute atomic E-state index is 0.143. The summed E-state index contributed by atoms with van der Waals surface area (Å²) in [6.07, 6.45) is 0. The molecule has 3 N–H and O–H groups in total. The fourth-order valence-corrected chi connectivity index (χ4v) is 1.13. The van der Waals surface area contributed by atoms with Gasteiger partial charge in [-0.2, -0.15) is 5.26 Å². The van der Waals surface area contributed by atoms with Crippen LogP contribution in [0.3, 0.4) is 0 Å². The van der Waals surface area contributed by atoms with Gasteiger partial charge in [-0.1, -0.05) is 0 Å². The highest BCUT2D eigenvalue weighted by Gasteiger charge is 2.14. The molecule has 1 aromatic rings. The zero-order valence-corrected chi connectivity index (χ0v) is 8.45. The summed E-state index contributed by atoms with van der Waals surface area (Å²) in [7, 11) is 0. The molecule has 0 aliphatic rings. The number of aliphatic carboxylic acids is 1. The topological polar surface area (TPSA) is 130 Å². The number of nitro groups is 1. The number of nitrogens with zero attached hydrogens (tertiary/aromatic N) is 2. The maximum absolute atomic E-state index is 10.7. The number of carbonyl (C=O) groups is 1. The molecule has 0 spiro atoms. The smallest absolute Gasteiger partial charge is 0.348 e. The van der Waals surface area contributed by atoms with E-state index in [1.807, 2.05) is 0 Å². The lowest BCUT2D eigenvalue weighted by Gasteiger charge is -2.02. The molecule has 0 saturated carbocycles. The molecule has 0 aliphatic carbocycles. The first-order chi connectivity index (χ1) is 7.97. The second kappa shape index (κ2) is 4.76. The highest BCUT2D eigenvalue weighted by molar-refractivity contribution is 5.99. The van der Waals surface area contributed by atoms with Crippen LogP contribution < -0.4 is 5.73 Å². The number of hydrogen-bond acceptors (Lipinski definition) is 5. The lowest BCUT2D eigenvalue weighted by atomic mass is 10.1. The third-order valence-corrected chi connectivity index (χ3v) is 1.98. The third kappa shape index (κ3) is 2.57. The van der Waals surface area contributed by atoms with E-state index < -0.39 is 16.5 Å². The Labute approximate surface area is 95.5 Å². The molecule has 7 nitrogen and oxygen atoms in total. The minimum Gasteiger partial charge on any atom is -0.477 e. The number of nitriles is 1. The van der Waals surface area contributed by atoms with Crippen LogP contribution in [0.2, 0.25) is 0 Å². The van der Waals surface area contributed by atoms with E-state index in [2.05, 4.69) is 0 Å². The van der Waals surface area contributed by atoms with Crippen molar-refractivity contribution in [1.82, 2.24) is 0 Å². The van der Waals surface area contributed by atoms with Crippen molar-refractivity contribution >= 4 is 17.4 Å². The summed E-state index contributed by atoms with van der Waals surface area (Å²) < 4.78 is 0. The monoisotopic (exact) mass is 233 g/mol. The molecule has 0 unspecified atom stereocenters. The maximum Gasteiger partial charge on any atom is 0.348 e. The number of carboxylic acids is 1. The molecule has 0 aliphatic heterocycles. The molecule has 0 radical (unpaired) electrons. The zero-order chi connectivity index (χ0) is 13.0. The van der Waals surface area contributed by atoms with Gasteiger partial charge in [-0.05, 0) is 17.7 Å². The lowest BCUT2D eigenvalue weighted by Crippen LogP contribution is -2.08. The van der Waals surface area contributed by atoms with Gasteiger partial charge in [0, 0.05) is 12.1 Å². The summed E-state index contributed by atoms with van der Waals surface area (Å²) in [5.74, 6) is -1.44. The SMILES string of the molecule is N#C/C(C(=O)O)=C(/N)c1ccc([N+](=O)[O-])cc1. The highest BCUT2D eigenvalue weighted by atomic mass is 16.6. The van der Waals surface area contributed by atoms with Crippen molar-refractivity contribution in [1.29, 1.82) is 5.26 Å². The molecule has 7 heteroatoms. The van der Waals surface area contributed by atoms with Crippen molar-refractivity contribution in [2.45, 2.75) is 0 Å². The Kier molecular flexibility index (Phi) is 3.41. The van der Waals surface area contributed by atoms with E-state index in [4.69, 9.17) is 16.1 Å². The number of carboxylic acid groups (broad SMARTS) is 1. The van der Waals surface area contributed by atoms with Gasteiger partial charge in [-0.3, -0.25) is 10.1 Å². The van der Waals surface area contributed by atoms with Crippen molar-refractivity contribution in [3.63, 3.8) is 0 Å². The number of nitro benzene ring substituents is 1. The van der Waals surface area contributed by atoms with Crippen LogP contribution in [0, 0.1) is 21.4 Å². The molecule has 1 aromatic carbocycles. The normalized spacial score (nSPS) is 11.2. The Morgan fingerprint density at radius 3 is 2.29 bits per heavy atom. The van der Waals surface area contributed by atoms with Crippen LogP contribution in [0.15, 0.2) is 29.8 Å². The standard InChI is InChI=1S/C10H7N3O4/c11-5-8(10(14)15)9(12)6-1-3-7(4-2-6)13(16)17/h1-4H,12H2,(H,14,15)/b9-8-. The van der Waals surface area contributed by atoms with Gasteiger partial charge in [0.05, 0.1) is 10.6 Å². The summed E-state index contributed by atoms with van der Waals surface area (Å²) in [6, 6.07) is 6.39. The molecule has 0 heterocycles. The minimum atomic E-state index is -1.44. The molecule has 0 aromatic heterocycles. The molecule has 0 fully saturated rings. The molecule has 86 valence electrons. The summed E-state index contributed by atoms with van der Waals surface area (Å²) in [5.41, 5.74) is 4.76. The van der Waals surface area contributed by atoms with Crippen LogP contribution in [0.25, 0.3) is 5.70 Å². The van der Waals surface area contributed by atoms with Crippen molar-refractivity contribution in [2.75, 3.05) is 0 Å². The third-order valence-electron chi connectivity index (χ3n) is 1.98. The second-order valence-electron chi connectivity index (χ2n) is 3.01. The van der Waals surface area contributed by atoms with Crippen LogP contribution >= 0.6 is 0 Å². The van der Waals surface area contributed by atoms with Crippen molar-refractivity contribution in [3.8, 4) is 6.07 Å². The molecule has 0 bridgehead atoms. The Morgan fingerprint density at radius 1 is 1.41 bits per heavy atom. The van der Waals surface area contributed by atoms with Crippen molar-refractivity contribution in [3.05, 3.63) is 45.5 Å². The van der Waals surface area contributed by atoms with E-state index in [1.165, 1.54) is 30.3 Å². The average Bonchev–Trinajstić information content (AvgIpc) is 2.29. The van der Waals surface area contributed by atoms with E-state index in [-0.39, 0.29) is 16.9 Å². The first kappa shape index (κ1) is 12.2. The molecule has 0 atom stereocenters. The number of hydrogen-bond donors (Lipinski definition) is 2. The number of nitrogens with two attached hydrogens (primary N) is 1. The van der Waals surface area contributed by atoms with Crippen LogP contribution in [-0.4, -0.2) is 16.0 Å². The summed E-state index contributed by atoms with van der Waals surface area (Å²) >= 11 is 0. The first-order valence-corrected chi connectivity index (χ1v) is 4.35. The maximum atomic E-state index is 10.7. The van der Waals surface area contributed by atoms with Gasteiger partial charge in [0.15, 0.2) is 5.57 Å². The molecular formula is C10H7N3O4. The number of rotatable bonds is 3. The number of benzene rings is 1. The fraction of sp³-hybridized carbons (Fsp3) is 0. The van der Waals surface area contributed by atoms with Gasteiger partial charge >= 0.3 is 5.97 Å².